The number of nitrogens with zero attached hydrogens (tertiary/aromatic N) is 2. The van der Waals surface area contributed by atoms with Crippen molar-refractivity contribution in [1.29, 1.82) is 0 Å². The molecule has 4 rings (SSSR count). The first-order valence-electron chi connectivity index (χ1n) is 8.93. The fourth-order valence-corrected chi connectivity index (χ4v) is 3.26. The van der Waals surface area contributed by atoms with Crippen LogP contribution in [0.25, 0.3) is 10.9 Å². The first-order valence-corrected chi connectivity index (χ1v) is 8.93. The summed E-state index contributed by atoms with van der Waals surface area (Å²) in [7, 11) is 0. The van der Waals surface area contributed by atoms with Gasteiger partial charge in [-0.2, -0.15) is 0 Å². The Morgan fingerprint density at radius 3 is 2.85 bits per heavy atom. The van der Waals surface area contributed by atoms with E-state index in [9.17, 15) is 4.79 Å². The average molecular weight is 350 g/mol. The van der Waals surface area contributed by atoms with Gasteiger partial charge in [0.05, 0.1) is 25.1 Å². The molecule has 1 aliphatic heterocycles. The maximum atomic E-state index is 12.2. The maximum Gasteiger partial charge on any atom is 0.225 e. The number of aromatic nitrogens is 2. The number of carbonyl (C=O) groups is 1. The number of ether oxygens (including phenoxy) is 1. The third-order valence-electron chi connectivity index (χ3n) is 4.69. The number of hydrogen-bond acceptors (Lipinski definition) is 4. The first kappa shape index (κ1) is 16.6. The van der Waals surface area contributed by atoms with E-state index in [0.717, 1.165) is 43.1 Å². The van der Waals surface area contributed by atoms with Crippen LogP contribution in [0.2, 0.25) is 0 Å². The third-order valence-corrected chi connectivity index (χ3v) is 4.69. The van der Waals surface area contributed by atoms with Gasteiger partial charge in [0, 0.05) is 36.6 Å². The Morgan fingerprint density at radius 1 is 1.19 bits per heavy atom. The van der Waals surface area contributed by atoms with Crippen LogP contribution >= 0.6 is 0 Å². The number of para-hydroxylation sites is 1. The Labute approximate surface area is 152 Å². The zero-order valence-corrected chi connectivity index (χ0v) is 14.6. The number of pyridine rings is 1. The summed E-state index contributed by atoms with van der Waals surface area (Å²) in [6.45, 7) is 3.23. The highest BCUT2D eigenvalue weighted by atomic mass is 16.5. The second-order valence-electron chi connectivity index (χ2n) is 6.41. The number of morpholine rings is 1. The topological polar surface area (TPSA) is 70.2 Å². The highest BCUT2D eigenvalue weighted by Gasteiger charge is 2.12. The van der Waals surface area contributed by atoms with Gasteiger partial charge in [0.1, 0.15) is 5.82 Å². The lowest BCUT2D eigenvalue weighted by Crippen LogP contribution is -2.36. The molecule has 2 N–H and O–H groups in total. The predicted molar refractivity (Wildman–Crippen MR) is 103 cm³/mol. The molecular formula is C20H22N4O2. The Bertz CT molecular complexity index is 882. The molecular weight excluding hydrogens is 328 g/mol. The highest BCUT2D eigenvalue weighted by molar-refractivity contribution is 5.90. The van der Waals surface area contributed by atoms with E-state index in [1.807, 2.05) is 36.5 Å². The van der Waals surface area contributed by atoms with Crippen LogP contribution in [0.5, 0.6) is 0 Å². The molecule has 3 heterocycles. The minimum atomic E-state index is -0.0260. The molecule has 1 saturated heterocycles. The lowest BCUT2D eigenvalue weighted by molar-refractivity contribution is -0.116. The highest BCUT2D eigenvalue weighted by Crippen LogP contribution is 2.20. The summed E-state index contributed by atoms with van der Waals surface area (Å²) in [6, 6.07) is 12.0. The number of H-pyrrole nitrogens is 1. The third kappa shape index (κ3) is 3.70. The normalized spacial score (nSPS) is 14.5. The summed E-state index contributed by atoms with van der Waals surface area (Å²) >= 11 is 0. The molecule has 26 heavy (non-hydrogen) atoms. The largest absolute Gasteiger partial charge is 0.378 e. The Balaban J connectivity index is 1.33. The molecule has 1 aliphatic rings. The lowest BCUT2D eigenvalue weighted by Gasteiger charge is -2.28. The molecule has 3 aromatic rings. The average Bonchev–Trinajstić information content (AvgIpc) is 3.11. The van der Waals surface area contributed by atoms with Crippen molar-refractivity contribution in [2.24, 2.45) is 0 Å². The van der Waals surface area contributed by atoms with Crippen LogP contribution in [0.3, 0.4) is 0 Å². The number of benzene rings is 1. The number of anilines is 2. The van der Waals surface area contributed by atoms with E-state index in [0.29, 0.717) is 18.7 Å². The maximum absolute atomic E-state index is 12.2. The van der Waals surface area contributed by atoms with Gasteiger partial charge in [-0.1, -0.05) is 18.2 Å². The number of hydrogen-bond donors (Lipinski definition) is 2. The van der Waals surface area contributed by atoms with E-state index in [2.05, 4.69) is 26.3 Å². The molecule has 1 aromatic carbocycles. The van der Waals surface area contributed by atoms with E-state index in [4.69, 9.17) is 4.74 Å². The van der Waals surface area contributed by atoms with Crippen LogP contribution in [0.4, 0.5) is 11.5 Å². The second kappa shape index (κ2) is 7.58. The van der Waals surface area contributed by atoms with Gasteiger partial charge >= 0.3 is 0 Å². The van der Waals surface area contributed by atoms with E-state index >= 15 is 0 Å². The van der Waals surface area contributed by atoms with Crippen molar-refractivity contribution >= 4 is 28.3 Å². The quantitative estimate of drug-likeness (QED) is 0.742. The van der Waals surface area contributed by atoms with Crippen molar-refractivity contribution in [2.45, 2.75) is 12.8 Å². The molecule has 0 bridgehead atoms. The van der Waals surface area contributed by atoms with Gasteiger partial charge in [-0.3, -0.25) is 4.79 Å². The summed E-state index contributed by atoms with van der Waals surface area (Å²) < 4.78 is 5.36. The zero-order valence-electron chi connectivity index (χ0n) is 14.6. The fourth-order valence-electron chi connectivity index (χ4n) is 3.26. The number of nitrogens with one attached hydrogen (secondary N) is 2. The van der Waals surface area contributed by atoms with Gasteiger partial charge in [-0.25, -0.2) is 4.98 Å². The number of aromatic amines is 1. The smallest absolute Gasteiger partial charge is 0.225 e. The molecule has 0 aliphatic carbocycles. The van der Waals surface area contributed by atoms with Crippen molar-refractivity contribution in [2.75, 3.05) is 36.5 Å². The van der Waals surface area contributed by atoms with Crippen molar-refractivity contribution in [1.82, 2.24) is 9.97 Å². The standard InChI is InChI=1S/C20H22N4O2/c25-20(8-5-15-13-21-18-4-2-1-3-17(15)18)23-19-7-6-16(14-22-19)24-9-11-26-12-10-24/h1-4,6-7,13-14,21H,5,8-12H2,(H,22,23,25). The van der Waals surface area contributed by atoms with Crippen LogP contribution in [-0.4, -0.2) is 42.2 Å². The van der Waals surface area contributed by atoms with E-state index in [1.54, 1.807) is 6.20 Å². The minimum Gasteiger partial charge on any atom is -0.378 e. The van der Waals surface area contributed by atoms with Crippen molar-refractivity contribution < 1.29 is 9.53 Å². The van der Waals surface area contributed by atoms with Gasteiger partial charge < -0.3 is 19.9 Å². The van der Waals surface area contributed by atoms with E-state index in [1.165, 1.54) is 5.39 Å². The van der Waals surface area contributed by atoms with Crippen molar-refractivity contribution in [3.05, 3.63) is 54.4 Å². The number of carbonyl (C=O) groups excluding carboxylic acids is 1. The van der Waals surface area contributed by atoms with Gasteiger partial charge in [0.15, 0.2) is 0 Å². The van der Waals surface area contributed by atoms with Gasteiger partial charge in [-0.05, 0) is 30.2 Å². The van der Waals surface area contributed by atoms with Crippen LogP contribution in [0.1, 0.15) is 12.0 Å². The number of amides is 1. The summed E-state index contributed by atoms with van der Waals surface area (Å²) in [6.07, 6.45) is 4.91. The monoisotopic (exact) mass is 350 g/mol. The predicted octanol–water partition coefficient (Wildman–Crippen LogP) is 2.97. The van der Waals surface area contributed by atoms with Crippen LogP contribution < -0.4 is 10.2 Å². The lowest BCUT2D eigenvalue weighted by atomic mass is 10.1. The number of fused-ring (bicyclic) bond motifs is 1. The summed E-state index contributed by atoms with van der Waals surface area (Å²) in [5.41, 5.74) is 3.32. The molecule has 0 radical (unpaired) electrons. The van der Waals surface area contributed by atoms with Gasteiger partial charge in [0.25, 0.3) is 0 Å². The van der Waals surface area contributed by atoms with Gasteiger partial charge in [0.2, 0.25) is 5.91 Å². The molecule has 6 nitrogen and oxygen atoms in total. The van der Waals surface area contributed by atoms with Gasteiger partial charge in [-0.15, -0.1) is 0 Å². The Morgan fingerprint density at radius 2 is 2.04 bits per heavy atom. The molecule has 0 atom stereocenters. The van der Waals surface area contributed by atoms with Crippen molar-refractivity contribution in [3.8, 4) is 0 Å². The Kier molecular flexibility index (Phi) is 4.84. The molecule has 134 valence electrons. The summed E-state index contributed by atoms with van der Waals surface area (Å²) in [5, 5.41) is 4.05. The Hall–Kier alpha value is -2.86. The molecule has 1 amide bonds. The molecule has 1 fully saturated rings. The second-order valence-corrected chi connectivity index (χ2v) is 6.41. The van der Waals surface area contributed by atoms with Crippen LogP contribution in [-0.2, 0) is 16.0 Å². The SMILES string of the molecule is O=C(CCc1c[nH]c2ccccc12)Nc1ccc(N2CCOCC2)cn1. The molecule has 0 saturated carbocycles. The van der Waals surface area contributed by atoms with E-state index in [-0.39, 0.29) is 5.91 Å². The minimum absolute atomic E-state index is 0.0260. The first-order chi connectivity index (χ1) is 12.8. The van der Waals surface area contributed by atoms with Crippen molar-refractivity contribution in [3.63, 3.8) is 0 Å². The fraction of sp³-hybridized carbons (Fsp3) is 0.300. The van der Waals surface area contributed by atoms with E-state index < -0.39 is 0 Å². The molecule has 2 aromatic heterocycles. The molecule has 6 heteroatoms. The molecule has 0 spiro atoms. The number of aryl methyl sites for hydroxylation is 1. The molecule has 0 unspecified atom stereocenters. The number of rotatable bonds is 5. The zero-order chi connectivity index (χ0) is 17.8. The van der Waals surface area contributed by atoms with Crippen LogP contribution in [0.15, 0.2) is 48.8 Å². The van der Waals surface area contributed by atoms with Crippen LogP contribution in [0, 0.1) is 0 Å². The summed E-state index contributed by atoms with van der Waals surface area (Å²) in [5.74, 6) is 0.563. The summed E-state index contributed by atoms with van der Waals surface area (Å²) in [4.78, 5) is 22.1.